The smallest absolute Gasteiger partial charge is 0.315 e. The lowest BCUT2D eigenvalue weighted by Gasteiger charge is -2.06. The highest BCUT2D eigenvalue weighted by atomic mass is 19.3. The molecule has 1 amide bonds. The minimum atomic E-state index is -2.93. The quantitative estimate of drug-likeness (QED) is 0.813. The average Bonchev–Trinajstić information content (AvgIpc) is 2.20. The van der Waals surface area contributed by atoms with E-state index < -0.39 is 12.3 Å². The first kappa shape index (κ1) is 11.6. The van der Waals surface area contributed by atoms with Crippen LogP contribution in [0, 0.1) is 6.92 Å². The van der Waals surface area contributed by atoms with Gasteiger partial charge in [0.05, 0.1) is 0 Å². The van der Waals surface area contributed by atoms with E-state index in [1.54, 1.807) is 0 Å². The van der Waals surface area contributed by atoms with Gasteiger partial charge in [-0.2, -0.15) is 8.78 Å². The molecule has 1 N–H and O–H groups in total. The highest BCUT2D eigenvalue weighted by molar-refractivity contribution is 5.79. The zero-order chi connectivity index (χ0) is 11.3. The molecule has 15 heavy (non-hydrogen) atoms. The van der Waals surface area contributed by atoms with Crippen LogP contribution in [0.2, 0.25) is 0 Å². The van der Waals surface area contributed by atoms with Gasteiger partial charge in [0.2, 0.25) is 0 Å². The summed E-state index contributed by atoms with van der Waals surface area (Å²) in [4.78, 5) is 10.6. The van der Waals surface area contributed by atoms with Crippen molar-refractivity contribution in [2.24, 2.45) is 0 Å². The van der Waals surface area contributed by atoms with E-state index in [4.69, 9.17) is 0 Å². The molecule has 82 valence electrons. The number of aryl methyl sites for hydroxylation is 1. The average molecular weight is 213 g/mol. The number of hydrogen-bond acceptors (Lipinski definition) is 1. The van der Waals surface area contributed by atoms with Crippen LogP contribution in [0.3, 0.4) is 0 Å². The Morgan fingerprint density at radius 3 is 2.67 bits per heavy atom. The van der Waals surface area contributed by atoms with Crippen LogP contribution in [-0.2, 0) is 11.2 Å². The second-order valence-corrected chi connectivity index (χ2v) is 3.27. The van der Waals surface area contributed by atoms with Gasteiger partial charge in [0.25, 0.3) is 5.91 Å². The van der Waals surface area contributed by atoms with Crippen LogP contribution in [-0.4, -0.2) is 18.9 Å². The molecule has 1 aromatic carbocycles. The monoisotopic (exact) mass is 213 g/mol. The molecule has 0 saturated heterocycles. The number of carbonyl (C=O) groups is 1. The van der Waals surface area contributed by atoms with Crippen molar-refractivity contribution in [1.29, 1.82) is 0 Å². The third-order valence-corrected chi connectivity index (χ3v) is 2.15. The highest BCUT2D eigenvalue weighted by Gasteiger charge is 2.13. The van der Waals surface area contributed by atoms with Gasteiger partial charge in [-0.1, -0.05) is 24.3 Å². The van der Waals surface area contributed by atoms with E-state index in [0.29, 0.717) is 6.42 Å². The maximum absolute atomic E-state index is 11.8. The Morgan fingerprint density at radius 2 is 2.07 bits per heavy atom. The van der Waals surface area contributed by atoms with Crippen LogP contribution in [0.4, 0.5) is 8.78 Å². The summed E-state index contributed by atoms with van der Waals surface area (Å²) >= 11 is 0. The molecule has 0 aromatic heterocycles. The minimum absolute atomic E-state index is 0.244. The van der Waals surface area contributed by atoms with Gasteiger partial charge in [0.1, 0.15) is 0 Å². The van der Waals surface area contributed by atoms with Crippen molar-refractivity contribution in [1.82, 2.24) is 5.32 Å². The molecule has 4 heteroatoms. The minimum Gasteiger partial charge on any atom is -0.351 e. The van der Waals surface area contributed by atoms with Gasteiger partial charge in [-0.25, -0.2) is 0 Å². The third kappa shape index (κ3) is 3.65. The second-order valence-electron chi connectivity index (χ2n) is 3.27. The lowest BCUT2D eigenvalue weighted by molar-refractivity contribution is -0.131. The Labute approximate surface area is 87.3 Å². The number of benzene rings is 1. The van der Waals surface area contributed by atoms with E-state index in [1.165, 1.54) is 0 Å². The van der Waals surface area contributed by atoms with Gasteiger partial charge < -0.3 is 5.32 Å². The third-order valence-electron chi connectivity index (χ3n) is 2.15. The SMILES string of the molecule is Cc1ccccc1CCNC(=O)C(F)F. The Bertz CT molecular complexity index is 339. The molecular formula is C11H13F2NO. The summed E-state index contributed by atoms with van der Waals surface area (Å²) in [5.41, 5.74) is 2.16. The molecule has 0 saturated carbocycles. The van der Waals surface area contributed by atoms with Crippen LogP contribution in [0.1, 0.15) is 11.1 Å². The Morgan fingerprint density at radius 1 is 1.40 bits per heavy atom. The summed E-state index contributed by atoms with van der Waals surface area (Å²) in [5.74, 6) is -1.21. The van der Waals surface area contributed by atoms with E-state index in [2.05, 4.69) is 5.32 Å². The van der Waals surface area contributed by atoms with Crippen molar-refractivity contribution in [3.8, 4) is 0 Å². The molecule has 0 aliphatic carbocycles. The van der Waals surface area contributed by atoms with Gasteiger partial charge >= 0.3 is 6.43 Å². The van der Waals surface area contributed by atoms with Crippen LogP contribution >= 0.6 is 0 Å². The van der Waals surface area contributed by atoms with Crippen LogP contribution in [0.15, 0.2) is 24.3 Å². The summed E-state index contributed by atoms with van der Waals surface area (Å²) in [7, 11) is 0. The maximum atomic E-state index is 11.8. The number of halogens is 2. The fraction of sp³-hybridized carbons (Fsp3) is 0.364. The van der Waals surface area contributed by atoms with Crippen molar-refractivity contribution in [3.63, 3.8) is 0 Å². The van der Waals surface area contributed by atoms with Crippen molar-refractivity contribution in [2.75, 3.05) is 6.54 Å². The molecule has 0 bridgehead atoms. The van der Waals surface area contributed by atoms with Gasteiger partial charge in [-0.3, -0.25) is 4.79 Å². The Hall–Kier alpha value is -1.45. The summed E-state index contributed by atoms with van der Waals surface area (Å²) in [6.07, 6.45) is -2.35. The van der Waals surface area contributed by atoms with E-state index in [-0.39, 0.29) is 6.54 Å². The lowest BCUT2D eigenvalue weighted by Crippen LogP contribution is -2.31. The van der Waals surface area contributed by atoms with E-state index in [9.17, 15) is 13.6 Å². The zero-order valence-electron chi connectivity index (χ0n) is 8.47. The van der Waals surface area contributed by atoms with Crippen molar-refractivity contribution in [2.45, 2.75) is 19.8 Å². The number of hydrogen-bond donors (Lipinski definition) is 1. The van der Waals surface area contributed by atoms with E-state index in [1.807, 2.05) is 31.2 Å². The molecule has 0 fully saturated rings. The Kier molecular flexibility index (Phi) is 4.21. The number of amides is 1. The Balaban J connectivity index is 2.38. The fourth-order valence-electron chi connectivity index (χ4n) is 1.29. The number of alkyl halides is 2. The van der Waals surface area contributed by atoms with Crippen molar-refractivity contribution >= 4 is 5.91 Å². The zero-order valence-corrected chi connectivity index (χ0v) is 8.47. The normalized spacial score (nSPS) is 10.4. The second kappa shape index (κ2) is 5.44. The van der Waals surface area contributed by atoms with Gasteiger partial charge in [-0.15, -0.1) is 0 Å². The highest BCUT2D eigenvalue weighted by Crippen LogP contribution is 2.06. The van der Waals surface area contributed by atoms with Crippen LogP contribution in [0.5, 0.6) is 0 Å². The number of carbonyl (C=O) groups excluding carboxylic acids is 1. The molecule has 0 aliphatic rings. The first-order chi connectivity index (χ1) is 7.11. The predicted octanol–water partition coefficient (Wildman–Crippen LogP) is 1.92. The summed E-state index contributed by atoms with van der Waals surface area (Å²) in [6, 6.07) is 7.67. The van der Waals surface area contributed by atoms with Crippen LogP contribution in [0.25, 0.3) is 0 Å². The predicted molar refractivity (Wildman–Crippen MR) is 53.9 cm³/mol. The summed E-state index contributed by atoms with van der Waals surface area (Å²) in [6.45, 7) is 2.19. The van der Waals surface area contributed by atoms with E-state index >= 15 is 0 Å². The molecule has 0 atom stereocenters. The molecule has 1 rings (SSSR count). The standard InChI is InChI=1S/C11H13F2NO/c1-8-4-2-3-5-9(8)6-7-14-11(15)10(12)13/h2-5,10H,6-7H2,1H3,(H,14,15). The topological polar surface area (TPSA) is 29.1 Å². The van der Waals surface area contributed by atoms with Gasteiger partial charge in [0.15, 0.2) is 0 Å². The molecule has 0 radical (unpaired) electrons. The molecule has 0 spiro atoms. The first-order valence-corrected chi connectivity index (χ1v) is 4.71. The molecule has 1 aromatic rings. The van der Waals surface area contributed by atoms with Gasteiger partial charge in [0, 0.05) is 6.54 Å². The fourth-order valence-corrected chi connectivity index (χ4v) is 1.29. The maximum Gasteiger partial charge on any atom is 0.315 e. The van der Waals surface area contributed by atoms with Crippen LogP contribution < -0.4 is 5.32 Å². The van der Waals surface area contributed by atoms with E-state index in [0.717, 1.165) is 11.1 Å². The summed E-state index contributed by atoms with van der Waals surface area (Å²) in [5, 5.41) is 2.17. The van der Waals surface area contributed by atoms with Crippen molar-refractivity contribution in [3.05, 3.63) is 35.4 Å². The molecule has 0 heterocycles. The lowest BCUT2D eigenvalue weighted by atomic mass is 10.1. The molecule has 2 nitrogen and oxygen atoms in total. The largest absolute Gasteiger partial charge is 0.351 e. The molecule has 0 aliphatic heterocycles. The van der Waals surface area contributed by atoms with Crippen molar-refractivity contribution < 1.29 is 13.6 Å². The number of rotatable bonds is 4. The molecule has 0 unspecified atom stereocenters. The number of nitrogens with one attached hydrogen (secondary N) is 1. The summed E-state index contributed by atoms with van der Waals surface area (Å²) < 4.78 is 23.6. The first-order valence-electron chi connectivity index (χ1n) is 4.71. The van der Waals surface area contributed by atoms with Gasteiger partial charge in [-0.05, 0) is 24.5 Å². The molecular weight excluding hydrogens is 200 g/mol.